The minimum Gasteiger partial charge on any atom is -0.311 e. The highest BCUT2D eigenvalue weighted by molar-refractivity contribution is 7.00. The number of hydrogen-bond acceptors (Lipinski definition) is 2. The molecule has 0 N–H and O–H groups in total. The van der Waals surface area contributed by atoms with Crippen LogP contribution in [0.25, 0.3) is 11.1 Å². The molecule has 0 radical (unpaired) electrons. The lowest BCUT2D eigenvalue weighted by atomic mass is 9.33. The van der Waals surface area contributed by atoms with E-state index < -0.39 is 0 Å². The fourth-order valence-electron chi connectivity index (χ4n) is 11.6. The molecule has 346 valence electrons. The van der Waals surface area contributed by atoms with Gasteiger partial charge in [0.15, 0.2) is 0 Å². The largest absolute Gasteiger partial charge is 0.311 e. The van der Waals surface area contributed by atoms with Crippen molar-refractivity contribution in [1.82, 2.24) is 0 Å². The van der Waals surface area contributed by atoms with Crippen LogP contribution in [-0.4, -0.2) is 6.71 Å². The molecule has 0 bridgehead atoms. The second kappa shape index (κ2) is 15.6. The molecule has 0 saturated carbocycles. The van der Waals surface area contributed by atoms with Crippen molar-refractivity contribution in [3.05, 3.63) is 185 Å². The predicted molar refractivity (Wildman–Crippen MR) is 296 cm³/mol. The van der Waals surface area contributed by atoms with Crippen LogP contribution in [0.2, 0.25) is 0 Å². The van der Waals surface area contributed by atoms with Crippen LogP contribution in [0.1, 0.15) is 156 Å². The molecule has 0 spiro atoms. The molecule has 0 fully saturated rings. The van der Waals surface area contributed by atoms with E-state index in [2.05, 4.69) is 259 Å². The topological polar surface area (TPSA) is 6.48 Å². The Morgan fingerprint density at radius 3 is 1.53 bits per heavy atom. The van der Waals surface area contributed by atoms with Gasteiger partial charge in [-0.1, -0.05) is 201 Å². The average molecular weight is 893 g/mol. The smallest absolute Gasteiger partial charge is 0.252 e. The van der Waals surface area contributed by atoms with E-state index in [-0.39, 0.29) is 39.2 Å². The Bertz CT molecular complexity index is 3090. The first-order chi connectivity index (χ1) is 31.9. The molecule has 2 heterocycles. The molecule has 3 aliphatic rings. The van der Waals surface area contributed by atoms with Crippen LogP contribution in [0.4, 0.5) is 34.1 Å². The van der Waals surface area contributed by atoms with E-state index in [1.165, 1.54) is 101 Å². The molecule has 0 unspecified atom stereocenters. The summed E-state index contributed by atoms with van der Waals surface area (Å²) in [5.41, 5.74) is 23.4. The molecule has 0 aromatic heterocycles. The van der Waals surface area contributed by atoms with Gasteiger partial charge in [0.2, 0.25) is 0 Å². The molecule has 7 aromatic rings. The highest BCUT2D eigenvalue weighted by Gasteiger charge is 2.48. The molecule has 2 nitrogen and oxygen atoms in total. The van der Waals surface area contributed by atoms with Gasteiger partial charge in [0.25, 0.3) is 6.71 Å². The molecule has 3 heteroatoms. The number of rotatable bonds is 5. The number of benzene rings is 7. The van der Waals surface area contributed by atoms with Crippen LogP contribution in [0.15, 0.2) is 146 Å². The summed E-state index contributed by atoms with van der Waals surface area (Å²) in [6.07, 6.45) is 2.32. The third-order valence-corrected chi connectivity index (χ3v) is 16.3. The van der Waals surface area contributed by atoms with Crippen molar-refractivity contribution in [2.45, 2.75) is 149 Å². The van der Waals surface area contributed by atoms with Crippen molar-refractivity contribution in [2.24, 2.45) is 0 Å². The van der Waals surface area contributed by atoms with Gasteiger partial charge in [-0.3, -0.25) is 0 Å². The van der Waals surface area contributed by atoms with Crippen LogP contribution in [0.5, 0.6) is 0 Å². The molecule has 10 rings (SSSR count). The molecule has 68 heavy (non-hydrogen) atoms. The standard InChI is InChI=1S/C65H73BN2/c1-60(2,3)44-27-22-28-48(35-44)67-55-37-46(65(14,15)43-25-20-17-21-26-43)29-31-52(55)66-53-40-50-51(64(12,13)34-33-63(50,10)11)41-56(53)68(58-39-47(62(7,8)9)38-57(67)59(58)66)54-32-30-45(61(4,5)6)36-49(54)42-23-18-16-19-24-42/h16-32,35-41H,33-34H2,1-15H3. The van der Waals surface area contributed by atoms with Gasteiger partial charge in [0.05, 0.1) is 5.69 Å². The second-order valence-electron chi connectivity index (χ2n) is 25.4. The van der Waals surface area contributed by atoms with E-state index in [9.17, 15) is 0 Å². The molecular weight excluding hydrogens is 820 g/mol. The zero-order chi connectivity index (χ0) is 48.5. The van der Waals surface area contributed by atoms with Gasteiger partial charge >= 0.3 is 0 Å². The maximum atomic E-state index is 2.70. The van der Waals surface area contributed by atoms with E-state index >= 15 is 0 Å². The SMILES string of the molecule is CC(C)(C)c1cccc(N2c3cc(C(C)(C)c4ccccc4)ccc3B3c4cc5c(cc4N(c4ccc(C(C)(C)C)cc4-c4ccccc4)c4cc(C(C)(C)C)cc2c43)C(C)(C)CCC5(C)C)c1. The zero-order valence-electron chi connectivity index (χ0n) is 43.7. The summed E-state index contributed by atoms with van der Waals surface area (Å²) < 4.78 is 0. The number of fused-ring (bicyclic) bond motifs is 5. The molecule has 0 atom stereocenters. The number of anilines is 6. The molecule has 2 aliphatic heterocycles. The third kappa shape index (κ3) is 7.55. The first-order valence-electron chi connectivity index (χ1n) is 25.3. The van der Waals surface area contributed by atoms with Gasteiger partial charge < -0.3 is 9.80 Å². The van der Waals surface area contributed by atoms with Gasteiger partial charge in [-0.2, -0.15) is 0 Å². The van der Waals surface area contributed by atoms with Gasteiger partial charge in [-0.25, -0.2) is 0 Å². The monoisotopic (exact) mass is 893 g/mol. The molecular formula is C65H73BN2. The van der Waals surface area contributed by atoms with Gasteiger partial charge in [0, 0.05) is 39.4 Å². The van der Waals surface area contributed by atoms with Gasteiger partial charge in [-0.05, 0) is 149 Å². The fourth-order valence-corrected chi connectivity index (χ4v) is 11.6. The summed E-state index contributed by atoms with van der Waals surface area (Å²) in [6.45, 7) is 35.9. The highest BCUT2D eigenvalue weighted by atomic mass is 15.2. The minimum absolute atomic E-state index is 0.00590. The van der Waals surface area contributed by atoms with Crippen LogP contribution in [-0.2, 0) is 32.5 Å². The van der Waals surface area contributed by atoms with Crippen LogP contribution < -0.4 is 26.2 Å². The van der Waals surface area contributed by atoms with Crippen molar-refractivity contribution in [3.8, 4) is 11.1 Å². The lowest BCUT2D eigenvalue weighted by Crippen LogP contribution is -2.62. The summed E-state index contributed by atoms with van der Waals surface area (Å²) in [5, 5.41) is 0. The van der Waals surface area contributed by atoms with E-state index in [0.717, 1.165) is 12.8 Å². The van der Waals surface area contributed by atoms with Crippen LogP contribution >= 0.6 is 0 Å². The average Bonchev–Trinajstić information content (AvgIpc) is 3.29. The Labute approximate surface area is 409 Å². The van der Waals surface area contributed by atoms with Crippen molar-refractivity contribution in [2.75, 3.05) is 9.80 Å². The summed E-state index contributed by atoms with van der Waals surface area (Å²) in [6, 6.07) is 56.9. The Morgan fingerprint density at radius 2 is 0.912 bits per heavy atom. The zero-order valence-corrected chi connectivity index (χ0v) is 43.7. The van der Waals surface area contributed by atoms with Crippen LogP contribution in [0, 0.1) is 0 Å². The number of hydrogen-bond donors (Lipinski definition) is 0. The highest BCUT2D eigenvalue weighted by Crippen LogP contribution is 2.53. The van der Waals surface area contributed by atoms with Gasteiger partial charge in [0.1, 0.15) is 0 Å². The quantitative estimate of drug-likeness (QED) is 0.159. The Kier molecular flexibility index (Phi) is 10.6. The molecule has 0 saturated heterocycles. The van der Waals surface area contributed by atoms with Crippen molar-refractivity contribution >= 4 is 57.2 Å². The van der Waals surface area contributed by atoms with Crippen molar-refractivity contribution < 1.29 is 0 Å². The Hall–Kier alpha value is -5.80. The van der Waals surface area contributed by atoms with E-state index in [4.69, 9.17) is 0 Å². The first kappa shape index (κ1) is 46.0. The summed E-state index contributed by atoms with van der Waals surface area (Å²) in [5.74, 6) is 0. The Balaban J connectivity index is 1.37. The van der Waals surface area contributed by atoms with Gasteiger partial charge in [-0.15, -0.1) is 0 Å². The molecule has 7 aromatic carbocycles. The fraction of sp³-hybridized carbons (Fsp3) is 0.354. The Morgan fingerprint density at radius 1 is 0.397 bits per heavy atom. The summed E-state index contributed by atoms with van der Waals surface area (Å²) in [4.78, 5) is 5.35. The normalized spacial score (nSPS) is 16.2. The minimum atomic E-state index is -0.225. The van der Waals surface area contributed by atoms with E-state index in [1.807, 2.05) is 0 Å². The third-order valence-electron chi connectivity index (χ3n) is 16.3. The van der Waals surface area contributed by atoms with Crippen molar-refractivity contribution in [1.29, 1.82) is 0 Å². The molecule has 1 aliphatic carbocycles. The van der Waals surface area contributed by atoms with E-state index in [1.54, 1.807) is 0 Å². The first-order valence-corrected chi connectivity index (χ1v) is 25.3. The lowest BCUT2D eigenvalue weighted by molar-refractivity contribution is 0.332. The number of nitrogens with zero attached hydrogens (tertiary/aromatic N) is 2. The predicted octanol–water partition coefficient (Wildman–Crippen LogP) is 16.0. The summed E-state index contributed by atoms with van der Waals surface area (Å²) in [7, 11) is 0. The maximum Gasteiger partial charge on any atom is 0.252 e. The second-order valence-corrected chi connectivity index (χ2v) is 25.4. The maximum absolute atomic E-state index is 2.70. The molecule has 0 amide bonds. The van der Waals surface area contributed by atoms with Crippen LogP contribution in [0.3, 0.4) is 0 Å². The van der Waals surface area contributed by atoms with Crippen molar-refractivity contribution in [3.63, 3.8) is 0 Å². The van der Waals surface area contributed by atoms with E-state index in [0.29, 0.717) is 0 Å². The lowest BCUT2D eigenvalue weighted by Gasteiger charge is -2.48. The summed E-state index contributed by atoms with van der Waals surface area (Å²) >= 11 is 0.